The molecule has 0 spiro atoms. The number of rotatable bonds is 5. The number of pyridine rings is 1. The zero-order chi connectivity index (χ0) is 16.1. The Labute approximate surface area is 140 Å². The molecule has 0 unspecified atom stereocenters. The van der Waals surface area contributed by atoms with Gasteiger partial charge in [-0.3, -0.25) is 4.98 Å². The Morgan fingerprint density at radius 3 is 2.61 bits per heavy atom. The van der Waals surface area contributed by atoms with Crippen molar-refractivity contribution in [3.63, 3.8) is 0 Å². The molecule has 23 heavy (non-hydrogen) atoms. The van der Waals surface area contributed by atoms with Crippen LogP contribution in [0.3, 0.4) is 0 Å². The summed E-state index contributed by atoms with van der Waals surface area (Å²) >= 11 is 6.05. The number of methoxy groups -OCH3 is 1. The maximum absolute atomic E-state index is 6.05. The van der Waals surface area contributed by atoms with Gasteiger partial charge in [-0.05, 0) is 18.8 Å². The minimum atomic E-state index is 0.508. The van der Waals surface area contributed by atoms with Gasteiger partial charge in [0.15, 0.2) is 5.75 Å². The smallest absolute Gasteiger partial charge is 0.225 e. The number of piperidine rings is 1. The third-order valence-electron chi connectivity index (χ3n) is 3.96. The first kappa shape index (κ1) is 15.8. The molecule has 1 aliphatic heterocycles. The summed E-state index contributed by atoms with van der Waals surface area (Å²) in [6.45, 7) is 2.51. The summed E-state index contributed by atoms with van der Waals surface area (Å²) in [6.07, 6.45) is 8.76. The highest BCUT2D eigenvalue weighted by atomic mass is 35.5. The van der Waals surface area contributed by atoms with Gasteiger partial charge < -0.3 is 14.4 Å². The summed E-state index contributed by atoms with van der Waals surface area (Å²) < 4.78 is 10.9. The Bertz CT molecular complexity index is 630. The SMILES string of the molecule is COc1cnc(N2CCC(COc3ccncc3Cl)CC2)nc1. The lowest BCUT2D eigenvalue weighted by molar-refractivity contribution is 0.222. The number of hydrogen-bond acceptors (Lipinski definition) is 6. The fourth-order valence-corrected chi connectivity index (χ4v) is 2.74. The van der Waals surface area contributed by atoms with E-state index < -0.39 is 0 Å². The molecule has 0 amide bonds. The summed E-state index contributed by atoms with van der Waals surface area (Å²) in [5, 5.41) is 0.552. The predicted octanol–water partition coefficient (Wildman–Crippen LogP) is 2.83. The van der Waals surface area contributed by atoms with E-state index >= 15 is 0 Å². The average molecular weight is 335 g/mol. The van der Waals surface area contributed by atoms with Crippen LogP contribution in [0.2, 0.25) is 5.02 Å². The molecule has 6 nitrogen and oxygen atoms in total. The van der Waals surface area contributed by atoms with Gasteiger partial charge in [0.25, 0.3) is 0 Å². The van der Waals surface area contributed by atoms with Crippen LogP contribution in [0, 0.1) is 5.92 Å². The van der Waals surface area contributed by atoms with E-state index in [0.717, 1.165) is 31.9 Å². The molecule has 3 heterocycles. The molecule has 2 aromatic heterocycles. The molecule has 122 valence electrons. The van der Waals surface area contributed by atoms with Gasteiger partial charge >= 0.3 is 0 Å². The Kier molecular flexibility index (Phi) is 5.12. The third-order valence-corrected chi connectivity index (χ3v) is 4.24. The Hall–Kier alpha value is -2.08. The maximum Gasteiger partial charge on any atom is 0.225 e. The Balaban J connectivity index is 1.49. The molecule has 0 atom stereocenters. The van der Waals surface area contributed by atoms with Crippen molar-refractivity contribution in [1.29, 1.82) is 0 Å². The third kappa shape index (κ3) is 4.01. The van der Waals surface area contributed by atoms with Crippen LogP contribution < -0.4 is 14.4 Å². The molecule has 3 rings (SSSR count). The van der Waals surface area contributed by atoms with Crippen molar-refractivity contribution < 1.29 is 9.47 Å². The molecular weight excluding hydrogens is 316 g/mol. The molecule has 1 saturated heterocycles. The van der Waals surface area contributed by atoms with Gasteiger partial charge in [-0.2, -0.15) is 0 Å². The maximum atomic E-state index is 6.05. The second-order valence-electron chi connectivity index (χ2n) is 5.47. The molecule has 0 aromatic carbocycles. The highest BCUT2D eigenvalue weighted by Gasteiger charge is 2.21. The lowest BCUT2D eigenvalue weighted by atomic mass is 9.98. The van der Waals surface area contributed by atoms with Gasteiger partial charge in [0, 0.05) is 31.5 Å². The quantitative estimate of drug-likeness (QED) is 0.838. The van der Waals surface area contributed by atoms with E-state index in [4.69, 9.17) is 21.1 Å². The topological polar surface area (TPSA) is 60.4 Å². The van der Waals surface area contributed by atoms with E-state index in [1.165, 1.54) is 0 Å². The summed E-state index contributed by atoms with van der Waals surface area (Å²) in [7, 11) is 1.61. The number of anilines is 1. The number of aromatic nitrogens is 3. The van der Waals surface area contributed by atoms with Crippen molar-refractivity contribution in [2.45, 2.75) is 12.8 Å². The number of halogens is 1. The summed E-state index contributed by atoms with van der Waals surface area (Å²) in [6, 6.07) is 1.79. The van der Waals surface area contributed by atoms with Gasteiger partial charge in [-0.1, -0.05) is 11.6 Å². The fourth-order valence-electron chi connectivity index (χ4n) is 2.56. The van der Waals surface area contributed by atoms with Crippen molar-refractivity contribution in [2.24, 2.45) is 5.92 Å². The predicted molar refractivity (Wildman–Crippen MR) is 88.3 cm³/mol. The minimum absolute atomic E-state index is 0.508. The second-order valence-corrected chi connectivity index (χ2v) is 5.88. The standard InChI is InChI=1S/C16H19ClN4O2/c1-22-13-8-19-16(20-9-13)21-6-3-12(4-7-21)11-23-15-2-5-18-10-14(15)17/h2,5,8-10,12H,3-4,6-7,11H2,1H3. The first-order chi connectivity index (χ1) is 11.3. The van der Waals surface area contributed by atoms with E-state index in [2.05, 4.69) is 19.9 Å². The second kappa shape index (κ2) is 7.46. The summed E-state index contributed by atoms with van der Waals surface area (Å²) in [5.41, 5.74) is 0. The van der Waals surface area contributed by atoms with Crippen molar-refractivity contribution in [3.05, 3.63) is 35.9 Å². The Morgan fingerprint density at radius 1 is 1.22 bits per heavy atom. The van der Waals surface area contributed by atoms with Crippen LogP contribution in [0.1, 0.15) is 12.8 Å². The molecule has 1 fully saturated rings. The van der Waals surface area contributed by atoms with Crippen LogP contribution in [0.15, 0.2) is 30.9 Å². The highest BCUT2D eigenvalue weighted by Crippen LogP contribution is 2.25. The Morgan fingerprint density at radius 2 is 1.96 bits per heavy atom. The van der Waals surface area contributed by atoms with Gasteiger partial charge in [0.1, 0.15) is 10.8 Å². The molecule has 0 radical (unpaired) electrons. The van der Waals surface area contributed by atoms with Crippen molar-refractivity contribution in [2.75, 3.05) is 31.7 Å². The van der Waals surface area contributed by atoms with E-state index in [-0.39, 0.29) is 0 Å². The molecule has 0 N–H and O–H groups in total. The van der Waals surface area contributed by atoms with Crippen LogP contribution in [-0.4, -0.2) is 41.8 Å². The van der Waals surface area contributed by atoms with Crippen molar-refractivity contribution in [3.8, 4) is 11.5 Å². The molecule has 0 aliphatic carbocycles. The average Bonchev–Trinajstić information content (AvgIpc) is 2.62. The summed E-state index contributed by atoms with van der Waals surface area (Å²) in [5.74, 6) is 2.63. The lowest BCUT2D eigenvalue weighted by Gasteiger charge is -2.31. The van der Waals surface area contributed by atoms with Gasteiger partial charge in [0.05, 0.1) is 26.1 Å². The van der Waals surface area contributed by atoms with Crippen LogP contribution in [0.5, 0.6) is 11.5 Å². The number of nitrogens with zero attached hydrogens (tertiary/aromatic N) is 4. The first-order valence-electron chi connectivity index (χ1n) is 7.59. The van der Waals surface area contributed by atoms with E-state index in [9.17, 15) is 0 Å². The largest absolute Gasteiger partial charge is 0.494 e. The molecule has 1 aliphatic rings. The molecule has 0 saturated carbocycles. The van der Waals surface area contributed by atoms with Gasteiger partial charge in [0.2, 0.25) is 5.95 Å². The monoisotopic (exact) mass is 334 g/mol. The zero-order valence-corrected chi connectivity index (χ0v) is 13.7. The lowest BCUT2D eigenvalue weighted by Crippen LogP contribution is -2.36. The minimum Gasteiger partial charge on any atom is -0.494 e. The van der Waals surface area contributed by atoms with Crippen LogP contribution in [0.25, 0.3) is 0 Å². The van der Waals surface area contributed by atoms with Crippen molar-refractivity contribution in [1.82, 2.24) is 15.0 Å². The van der Waals surface area contributed by atoms with Crippen molar-refractivity contribution >= 4 is 17.5 Å². The molecule has 7 heteroatoms. The molecular formula is C16H19ClN4O2. The fraction of sp³-hybridized carbons (Fsp3) is 0.438. The van der Waals surface area contributed by atoms with Crippen LogP contribution in [-0.2, 0) is 0 Å². The number of ether oxygens (including phenoxy) is 2. The highest BCUT2D eigenvalue weighted by molar-refractivity contribution is 6.31. The van der Waals surface area contributed by atoms with Crippen LogP contribution in [0.4, 0.5) is 5.95 Å². The number of hydrogen-bond donors (Lipinski definition) is 0. The van der Waals surface area contributed by atoms with E-state index in [1.54, 1.807) is 38.0 Å². The molecule has 2 aromatic rings. The first-order valence-corrected chi connectivity index (χ1v) is 7.97. The normalized spacial score (nSPS) is 15.5. The zero-order valence-electron chi connectivity index (χ0n) is 13.0. The van der Waals surface area contributed by atoms with Gasteiger partial charge in [-0.25, -0.2) is 9.97 Å². The van der Waals surface area contributed by atoms with Gasteiger partial charge in [-0.15, -0.1) is 0 Å². The van der Waals surface area contributed by atoms with Crippen LogP contribution >= 0.6 is 11.6 Å². The van der Waals surface area contributed by atoms with E-state index in [1.807, 2.05) is 0 Å². The van der Waals surface area contributed by atoms with E-state index in [0.29, 0.717) is 29.0 Å². The molecule has 0 bridgehead atoms. The summed E-state index contributed by atoms with van der Waals surface area (Å²) in [4.78, 5) is 14.8.